The summed E-state index contributed by atoms with van der Waals surface area (Å²) in [6.45, 7) is 3.55. The lowest BCUT2D eigenvalue weighted by molar-refractivity contribution is -0.137. The number of carbonyl (C=O) groups is 1. The summed E-state index contributed by atoms with van der Waals surface area (Å²) in [5, 5.41) is 11.1. The largest absolute Gasteiger partial charge is 0.457 e. The molecule has 98 valence electrons. The van der Waals surface area contributed by atoms with Gasteiger partial charge < -0.3 is 4.74 Å². The molecule has 20 heavy (non-hydrogen) atoms. The molecule has 0 aromatic heterocycles. The van der Waals surface area contributed by atoms with Crippen molar-refractivity contribution in [2.24, 2.45) is 0 Å². The van der Waals surface area contributed by atoms with Crippen LogP contribution in [0.15, 0.2) is 60.7 Å². The third-order valence-electron chi connectivity index (χ3n) is 2.80. The van der Waals surface area contributed by atoms with Crippen molar-refractivity contribution in [1.82, 2.24) is 0 Å². The third-order valence-corrected chi connectivity index (χ3v) is 2.80. The molecule has 2 aromatic rings. The molecule has 0 aliphatic carbocycles. The highest BCUT2D eigenvalue weighted by Crippen LogP contribution is 2.21. The van der Waals surface area contributed by atoms with Gasteiger partial charge in [-0.2, -0.15) is 5.26 Å². The van der Waals surface area contributed by atoms with Crippen molar-refractivity contribution in [3.63, 3.8) is 0 Å². The summed E-state index contributed by atoms with van der Waals surface area (Å²) >= 11 is 0. The number of hydrogen-bond donors (Lipinski definition) is 0. The van der Waals surface area contributed by atoms with Gasteiger partial charge in [-0.1, -0.05) is 55.1 Å². The van der Waals surface area contributed by atoms with E-state index in [-0.39, 0.29) is 12.2 Å². The summed E-state index contributed by atoms with van der Waals surface area (Å²) < 4.78 is 4.88. The molecule has 0 spiro atoms. The molecule has 0 radical (unpaired) electrons. The van der Waals surface area contributed by atoms with E-state index in [2.05, 4.69) is 6.58 Å². The van der Waals surface area contributed by atoms with Crippen LogP contribution in [-0.2, 0) is 9.53 Å². The van der Waals surface area contributed by atoms with Crippen LogP contribution >= 0.6 is 0 Å². The van der Waals surface area contributed by atoms with Gasteiger partial charge in [-0.05, 0) is 22.4 Å². The van der Waals surface area contributed by atoms with E-state index in [0.717, 1.165) is 16.3 Å². The molecular weight excluding hydrogens is 250 g/mol. The Kier molecular flexibility index (Phi) is 4.31. The number of esters is 1. The van der Waals surface area contributed by atoms with Gasteiger partial charge in [-0.15, -0.1) is 0 Å². The van der Waals surface area contributed by atoms with Gasteiger partial charge in [0, 0.05) is 0 Å². The fraction of sp³-hybridized carbons (Fsp3) is 0.0588. The van der Waals surface area contributed by atoms with Gasteiger partial charge in [0.1, 0.15) is 18.2 Å². The summed E-state index contributed by atoms with van der Waals surface area (Å²) in [6, 6.07) is 15.4. The molecule has 2 aromatic carbocycles. The Labute approximate surface area is 117 Å². The maximum Gasteiger partial charge on any atom is 0.349 e. The lowest BCUT2D eigenvalue weighted by Gasteiger charge is -2.03. The fourth-order valence-corrected chi connectivity index (χ4v) is 1.88. The van der Waals surface area contributed by atoms with E-state index >= 15 is 0 Å². The first-order chi connectivity index (χ1) is 9.76. The number of rotatable bonds is 4. The fourth-order valence-electron chi connectivity index (χ4n) is 1.88. The van der Waals surface area contributed by atoms with Crippen LogP contribution in [-0.4, -0.2) is 12.6 Å². The van der Waals surface area contributed by atoms with Crippen molar-refractivity contribution in [2.75, 3.05) is 6.61 Å². The van der Waals surface area contributed by atoms with Crippen LogP contribution in [0.5, 0.6) is 0 Å². The van der Waals surface area contributed by atoms with Crippen LogP contribution in [0.4, 0.5) is 0 Å². The van der Waals surface area contributed by atoms with Gasteiger partial charge in [-0.25, -0.2) is 4.79 Å². The zero-order chi connectivity index (χ0) is 14.4. The molecule has 0 aliphatic heterocycles. The van der Waals surface area contributed by atoms with Gasteiger partial charge in [0.2, 0.25) is 0 Å². The van der Waals surface area contributed by atoms with Crippen molar-refractivity contribution in [3.8, 4) is 6.07 Å². The number of fused-ring (bicyclic) bond motifs is 1. The lowest BCUT2D eigenvalue weighted by atomic mass is 10.0. The molecule has 0 saturated heterocycles. The lowest BCUT2D eigenvalue weighted by Crippen LogP contribution is -2.06. The highest BCUT2D eigenvalue weighted by Gasteiger charge is 2.10. The van der Waals surface area contributed by atoms with E-state index in [0.29, 0.717) is 0 Å². The molecule has 0 heterocycles. The van der Waals surface area contributed by atoms with Crippen LogP contribution in [0.3, 0.4) is 0 Å². The molecule has 0 aliphatic rings. The van der Waals surface area contributed by atoms with Crippen molar-refractivity contribution < 1.29 is 9.53 Å². The first kappa shape index (κ1) is 13.6. The highest BCUT2D eigenvalue weighted by atomic mass is 16.5. The van der Waals surface area contributed by atoms with Crippen LogP contribution in [0.1, 0.15) is 5.56 Å². The van der Waals surface area contributed by atoms with Crippen molar-refractivity contribution in [1.29, 1.82) is 5.26 Å². The molecule has 0 N–H and O–H groups in total. The van der Waals surface area contributed by atoms with Gasteiger partial charge >= 0.3 is 5.97 Å². The first-order valence-electron chi connectivity index (χ1n) is 6.14. The molecule has 0 bridgehead atoms. The van der Waals surface area contributed by atoms with Gasteiger partial charge in [0.25, 0.3) is 0 Å². The van der Waals surface area contributed by atoms with E-state index in [1.807, 2.05) is 48.5 Å². The molecule has 0 unspecified atom stereocenters. The maximum atomic E-state index is 11.7. The Morgan fingerprint density at radius 1 is 1.25 bits per heavy atom. The quantitative estimate of drug-likeness (QED) is 0.367. The molecule has 3 nitrogen and oxygen atoms in total. The second-order valence-corrected chi connectivity index (χ2v) is 4.13. The van der Waals surface area contributed by atoms with Gasteiger partial charge in [0.15, 0.2) is 0 Å². The number of nitrogens with zero attached hydrogens (tertiary/aromatic N) is 1. The summed E-state index contributed by atoms with van der Waals surface area (Å²) in [5.41, 5.74) is 0.790. The molecule has 2 rings (SSSR count). The molecule has 3 heteroatoms. The Bertz CT molecular complexity index is 718. The van der Waals surface area contributed by atoms with Crippen LogP contribution in [0.2, 0.25) is 0 Å². The third kappa shape index (κ3) is 2.93. The standard InChI is InChI=1S/C17H13NO2/c1-2-10-20-17(19)15(12-18)11-14-8-5-7-13-6-3-4-9-16(13)14/h2-9,11H,1,10H2/b15-11+. The number of nitriles is 1. The Hall–Kier alpha value is -2.86. The average Bonchev–Trinajstić information content (AvgIpc) is 2.50. The van der Waals surface area contributed by atoms with E-state index in [4.69, 9.17) is 10.00 Å². The molecule has 0 saturated carbocycles. The Balaban J connectivity index is 2.43. The number of benzene rings is 2. The van der Waals surface area contributed by atoms with Crippen molar-refractivity contribution >= 4 is 22.8 Å². The Morgan fingerprint density at radius 3 is 2.75 bits per heavy atom. The second-order valence-electron chi connectivity index (χ2n) is 4.13. The smallest absolute Gasteiger partial charge is 0.349 e. The van der Waals surface area contributed by atoms with E-state index < -0.39 is 5.97 Å². The molecular formula is C17H13NO2. The minimum Gasteiger partial charge on any atom is -0.457 e. The van der Waals surface area contributed by atoms with Crippen LogP contribution in [0.25, 0.3) is 16.8 Å². The summed E-state index contributed by atoms with van der Waals surface area (Å²) in [6.07, 6.45) is 3.01. The summed E-state index contributed by atoms with van der Waals surface area (Å²) in [4.78, 5) is 11.7. The summed E-state index contributed by atoms with van der Waals surface area (Å²) in [5.74, 6) is -0.639. The van der Waals surface area contributed by atoms with Gasteiger partial charge in [0.05, 0.1) is 0 Å². The van der Waals surface area contributed by atoms with E-state index in [1.54, 1.807) is 6.08 Å². The predicted octanol–water partition coefficient (Wildman–Crippen LogP) is 3.48. The monoisotopic (exact) mass is 263 g/mol. The zero-order valence-electron chi connectivity index (χ0n) is 10.9. The topological polar surface area (TPSA) is 50.1 Å². The summed E-state index contributed by atoms with van der Waals surface area (Å²) in [7, 11) is 0. The van der Waals surface area contributed by atoms with Crippen LogP contribution < -0.4 is 0 Å². The van der Waals surface area contributed by atoms with Crippen molar-refractivity contribution in [2.45, 2.75) is 0 Å². The second kappa shape index (κ2) is 6.35. The number of carbonyl (C=O) groups excluding carboxylic acids is 1. The Morgan fingerprint density at radius 2 is 2.00 bits per heavy atom. The maximum absolute atomic E-state index is 11.7. The molecule has 0 atom stereocenters. The van der Waals surface area contributed by atoms with E-state index in [1.165, 1.54) is 6.08 Å². The predicted molar refractivity (Wildman–Crippen MR) is 78.7 cm³/mol. The zero-order valence-corrected chi connectivity index (χ0v) is 10.9. The van der Waals surface area contributed by atoms with Gasteiger partial charge in [-0.3, -0.25) is 0 Å². The van der Waals surface area contributed by atoms with Crippen LogP contribution in [0, 0.1) is 11.3 Å². The minimum atomic E-state index is -0.639. The highest BCUT2D eigenvalue weighted by molar-refractivity contribution is 6.01. The average molecular weight is 263 g/mol. The minimum absolute atomic E-state index is 0.0248. The molecule has 0 fully saturated rings. The normalized spacial score (nSPS) is 10.8. The molecule has 0 amide bonds. The number of hydrogen-bond acceptors (Lipinski definition) is 3. The first-order valence-corrected chi connectivity index (χ1v) is 6.14. The van der Waals surface area contributed by atoms with Crippen molar-refractivity contribution in [3.05, 3.63) is 66.3 Å². The number of ether oxygens (including phenoxy) is 1. The van der Waals surface area contributed by atoms with E-state index in [9.17, 15) is 4.79 Å². The SMILES string of the molecule is C=CCOC(=O)/C(C#N)=C/c1cccc2ccccc12.